The highest BCUT2D eigenvalue weighted by molar-refractivity contribution is 5.78. The Balaban J connectivity index is 4.05. The van der Waals surface area contributed by atoms with E-state index in [2.05, 4.69) is 76.2 Å². The van der Waals surface area contributed by atoms with Gasteiger partial charge in [-0.3, -0.25) is 0 Å². The fourth-order valence-corrected chi connectivity index (χ4v) is 2.07. The van der Waals surface area contributed by atoms with E-state index in [0.29, 0.717) is 12.5 Å². The van der Waals surface area contributed by atoms with Crippen molar-refractivity contribution in [1.82, 2.24) is 5.32 Å². The Kier molecular flexibility index (Phi) is 12.6. The Bertz CT molecular complexity index is 497. The van der Waals surface area contributed by atoms with Crippen molar-refractivity contribution in [1.29, 1.82) is 0 Å². The number of guanidine groups is 1. The molecule has 0 rings (SSSR count). The fraction of sp³-hybridized carbons (Fsp3) is 0.571. The summed E-state index contributed by atoms with van der Waals surface area (Å²) in [5.74, 6) is 0.511. The van der Waals surface area contributed by atoms with Gasteiger partial charge in [0.25, 0.3) is 0 Å². The molecule has 0 atom stereocenters. The molecular formula is C21H37N3. The second-order valence-electron chi connectivity index (χ2n) is 6.85. The Morgan fingerprint density at radius 3 is 1.79 bits per heavy atom. The van der Waals surface area contributed by atoms with E-state index in [9.17, 15) is 0 Å². The van der Waals surface area contributed by atoms with E-state index in [1.165, 1.54) is 22.3 Å². The Labute approximate surface area is 149 Å². The van der Waals surface area contributed by atoms with Crippen molar-refractivity contribution >= 4 is 5.96 Å². The van der Waals surface area contributed by atoms with Crippen molar-refractivity contribution in [3.63, 3.8) is 0 Å². The minimum absolute atomic E-state index is 0.511. The van der Waals surface area contributed by atoms with Gasteiger partial charge in [0.05, 0.1) is 6.54 Å². The lowest BCUT2D eigenvalue weighted by Gasteiger charge is -2.04. The van der Waals surface area contributed by atoms with Crippen LogP contribution in [0.25, 0.3) is 0 Å². The smallest absolute Gasteiger partial charge is 0.189 e. The molecule has 3 nitrogen and oxygen atoms in total. The molecule has 0 fully saturated rings. The molecule has 0 aliphatic carbocycles. The standard InChI is InChI=1S/C21H37N3/c1-17(2)9-7-11-19(5)13-15-23-21(22)24-16-14-20(6)12-8-10-18(3)4/h9-10,13-14H,7-8,11-12,15-16H2,1-6H3,(H3,22,23,24)/b19-13+,20-14+. The lowest BCUT2D eigenvalue weighted by atomic mass is 10.1. The number of nitrogens with one attached hydrogen (secondary N) is 1. The van der Waals surface area contributed by atoms with Gasteiger partial charge in [0.2, 0.25) is 0 Å². The van der Waals surface area contributed by atoms with Crippen LogP contribution in [-0.4, -0.2) is 19.0 Å². The van der Waals surface area contributed by atoms with Crippen LogP contribution in [0, 0.1) is 0 Å². The van der Waals surface area contributed by atoms with E-state index in [-0.39, 0.29) is 0 Å². The molecule has 0 aliphatic rings. The predicted octanol–water partition coefficient (Wildman–Crippen LogP) is 5.28. The number of rotatable bonds is 10. The van der Waals surface area contributed by atoms with Gasteiger partial charge in [-0.2, -0.15) is 0 Å². The third kappa shape index (κ3) is 15.1. The quantitative estimate of drug-likeness (QED) is 0.325. The van der Waals surface area contributed by atoms with E-state index in [1.54, 1.807) is 0 Å². The molecule has 0 spiro atoms. The molecule has 0 aromatic carbocycles. The van der Waals surface area contributed by atoms with Gasteiger partial charge in [-0.05, 0) is 67.2 Å². The van der Waals surface area contributed by atoms with Gasteiger partial charge in [-0.15, -0.1) is 0 Å². The average molecular weight is 332 g/mol. The van der Waals surface area contributed by atoms with Gasteiger partial charge < -0.3 is 11.1 Å². The second kappa shape index (κ2) is 13.6. The normalized spacial score (nSPS) is 12.8. The minimum Gasteiger partial charge on any atom is -0.370 e. The lowest BCUT2D eigenvalue weighted by molar-refractivity contribution is 0.931. The molecule has 0 aliphatic heterocycles. The first-order valence-corrected chi connectivity index (χ1v) is 8.93. The number of hydrogen-bond donors (Lipinski definition) is 2. The summed E-state index contributed by atoms with van der Waals surface area (Å²) in [4.78, 5) is 4.34. The van der Waals surface area contributed by atoms with Crippen LogP contribution >= 0.6 is 0 Å². The first kappa shape index (κ1) is 22.2. The summed E-state index contributed by atoms with van der Waals surface area (Å²) in [6.07, 6.45) is 13.2. The van der Waals surface area contributed by atoms with Gasteiger partial charge in [0.15, 0.2) is 5.96 Å². The zero-order valence-corrected chi connectivity index (χ0v) is 16.6. The first-order chi connectivity index (χ1) is 11.3. The van der Waals surface area contributed by atoms with Gasteiger partial charge in [0, 0.05) is 6.54 Å². The first-order valence-electron chi connectivity index (χ1n) is 8.93. The van der Waals surface area contributed by atoms with Crippen LogP contribution in [0.15, 0.2) is 51.6 Å². The number of allylic oxidation sites excluding steroid dienone is 6. The van der Waals surface area contributed by atoms with Crippen LogP contribution in [0.3, 0.4) is 0 Å². The molecule has 3 N–H and O–H groups in total. The molecule has 0 saturated heterocycles. The molecule has 24 heavy (non-hydrogen) atoms. The van der Waals surface area contributed by atoms with Gasteiger partial charge in [-0.25, -0.2) is 4.99 Å². The molecule has 0 aromatic heterocycles. The van der Waals surface area contributed by atoms with Crippen molar-refractivity contribution in [3.05, 3.63) is 46.6 Å². The minimum atomic E-state index is 0.511. The van der Waals surface area contributed by atoms with E-state index >= 15 is 0 Å². The Hall–Kier alpha value is -1.77. The van der Waals surface area contributed by atoms with Crippen LogP contribution in [-0.2, 0) is 0 Å². The third-order valence-corrected chi connectivity index (χ3v) is 3.62. The van der Waals surface area contributed by atoms with Gasteiger partial charge >= 0.3 is 0 Å². The summed E-state index contributed by atoms with van der Waals surface area (Å²) in [5.41, 5.74) is 11.4. The Morgan fingerprint density at radius 2 is 1.29 bits per heavy atom. The fourth-order valence-electron chi connectivity index (χ4n) is 2.07. The summed E-state index contributed by atoms with van der Waals surface area (Å²) in [6, 6.07) is 0. The molecule has 3 heteroatoms. The largest absolute Gasteiger partial charge is 0.370 e. The Morgan fingerprint density at radius 1 is 0.792 bits per heavy atom. The summed E-state index contributed by atoms with van der Waals surface area (Å²) in [5, 5.41) is 3.14. The summed E-state index contributed by atoms with van der Waals surface area (Å²) in [6.45, 7) is 14.2. The van der Waals surface area contributed by atoms with Crippen LogP contribution in [0.4, 0.5) is 0 Å². The molecule has 0 amide bonds. The average Bonchev–Trinajstić information content (AvgIpc) is 2.46. The zero-order chi connectivity index (χ0) is 18.4. The summed E-state index contributed by atoms with van der Waals surface area (Å²) in [7, 11) is 0. The van der Waals surface area contributed by atoms with E-state index in [1.807, 2.05) is 0 Å². The molecule has 0 bridgehead atoms. The highest BCUT2D eigenvalue weighted by atomic mass is 15.1. The number of nitrogens with two attached hydrogens (primary N) is 1. The highest BCUT2D eigenvalue weighted by Gasteiger charge is 1.92. The van der Waals surface area contributed by atoms with Crippen LogP contribution in [0.2, 0.25) is 0 Å². The monoisotopic (exact) mass is 331 g/mol. The molecule has 0 radical (unpaired) electrons. The maximum Gasteiger partial charge on any atom is 0.189 e. The van der Waals surface area contributed by atoms with Crippen molar-refractivity contribution in [2.24, 2.45) is 10.7 Å². The van der Waals surface area contributed by atoms with E-state index in [0.717, 1.165) is 32.2 Å². The highest BCUT2D eigenvalue weighted by Crippen LogP contribution is 2.07. The van der Waals surface area contributed by atoms with Crippen LogP contribution in [0.1, 0.15) is 67.2 Å². The van der Waals surface area contributed by atoms with Crippen LogP contribution in [0.5, 0.6) is 0 Å². The maximum atomic E-state index is 5.89. The van der Waals surface area contributed by atoms with Crippen LogP contribution < -0.4 is 11.1 Å². The second-order valence-corrected chi connectivity index (χ2v) is 6.85. The molecular weight excluding hydrogens is 294 g/mol. The topological polar surface area (TPSA) is 50.4 Å². The van der Waals surface area contributed by atoms with Crippen molar-refractivity contribution < 1.29 is 0 Å². The van der Waals surface area contributed by atoms with Crippen molar-refractivity contribution in [3.8, 4) is 0 Å². The molecule has 0 unspecified atom stereocenters. The maximum absolute atomic E-state index is 5.89. The van der Waals surface area contributed by atoms with Gasteiger partial charge in [0.1, 0.15) is 0 Å². The SMILES string of the molecule is CC(C)=CCC/C(C)=C/CN=C(N)NC/C=C(\C)CCC=C(C)C. The molecule has 0 saturated carbocycles. The predicted molar refractivity (Wildman–Crippen MR) is 109 cm³/mol. The number of aliphatic imine (C=N–C) groups is 1. The van der Waals surface area contributed by atoms with Gasteiger partial charge in [-0.1, -0.05) is 46.6 Å². The van der Waals surface area contributed by atoms with E-state index < -0.39 is 0 Å². The zero-order valence-electron chi connectivity index (χ0n) is 16.6. The summed E-state index contributed by atoms with van der Waals surface area (Å²) >= 11 is 0. The lowest BCUT2D eigenvalue weighted by Crippen LogP contribution is -2.31. The number of nitrogens with zero attached hydrogens (tertiary/aromatic N) is 1. The molecule has 136 valence electrons. The van der Waals surface area contributed by atoms with Crippen molar-refractivity contribution in [2.45, 2.75) is 67.2 Å². The van der Waals surface area contributed by atoms with Crippen molar-refractivity contribution in [2.75, 3.05) is 13.1 Å². The summed E-state index contributed by atoms with van der Waals surface area (Å²) < 4.78 is 0. The van der Waals surface area contributed by atoms with E-state index in [4.69, 9.17) is 5.73 Å². The molecule has 0 aromatic rings. The third-order valence-electron chi connectivity index (χ3n) is 3.62. The molecule has 0 heterocycles. The number of hydrogen-bond acceptors (Lipinski definition) is 1.